The van der Waals surface area contributed by atoms with E-state index in [-0.39, 0.29) is 0 Å². The van der Waals surface area contributed by atoms with E-state index in [4.69, 9.17) is 8.83 Å². The zero-order valence-electron chi connectivity index (χ0n) is 16.1. The first-order chi connectivity index (χ1) is 14.9. The Balaban J connectivity index is 0.000000128. The Morgan fingerprint density at radius 3 is 1.17 bits per heavy atom. The summed E-state index contributed by atoms with van der Waals surface area (Å²) in [6.07, 6.45) is 0. The number of aromatic nitrogens is 2. The van der Waals surface area contributed by atoms with Crippen molar-refractivity contribution in [1.82, 2.24) is 9.97 Å². The van der Waals surface area contributed by atoms with Gasteiger partial charge in [-0.05, 0) is 48.5 Å². The summed E-state index contributed by atoms with van der Waals surface area (Å²) in [4.78, 5) is 8.83. The average Bonchev–Trinajstić information content (AvgIpc) is 3.45. The summed E-state index contributed by atoms with van der Waals surface area (Å²) in [6.45, 7) is 0. The van der Waals surface area contributed by atoms with Gasteiger partial charge in [0.15, 0.2) is 11.2 Å². The molecular weight excluding hydrogens is 372 g/mol. The molecule has 0 saturated carbocycles. The van der Waals surface area contributed by atoms with Crippen LogP contribution in [0.4, 0.5) is 0 Å². The number of para-hydroxylation sites is 4. The third-order valence-electron chi connectivity index (χ3n) is 4.63. The minimum atomic E-state index is 0.678. The molecule has 2 heterocycles. The van der Waals surface area contributed by atoms with Gasteiger partial charge in [0.1, 0.15) is 11.0 Å². The summed E-state index contributed by atoms with van der Waals surface area (Å²) in [6, 6.07) is 35.4. The summed E-state index contributed by atoms with van der Waals surface area (Å²) in [7, 11) is 0. The van der Waals surface area contributed by atoms with Crippen molar-refractivity contribution in [3.05, 3.63) is 109 Å². The average molecular weight is 390 g/mol. The van der Waals surface area contributed by atoms with E-state index in [9.17, 15) is 0 Å². The van der Waals surface area contributed by atoms with Gasteiger partial charge in [0.25, 0.3) is 0 Å². The fourth-order valence-corrected chi connectivity index (χ4v) is 3.15. The fourth-order valence-electron chi connectivity index (χ4n) is 3.15. The molecule has 144 valence electrons. The topological polar surface area (TPSA) is 52.1 Å². The number of rotatable bonds is 2. The second-order valence-corrected chi connectivity index (χ2v) is 6.71. The predicted octanol–water partition coefficient (Wildman–Crippen LogP) is 6.99. The minimum absolute atomic E-state index is 0.678. The molecule has 0 aliphatic rings. The molecule has 0 saturated heterocycles. The molecule has 0 fully saturated rings. The van der Waals surface area contributed by atoms with E-state index in [1.54, 1.807) is 0 Å². The van der Waals surface area contributed by atoms with Gasteiger partial charge in [-0.3, -0.25) is 0 Å². The van der Waals surface area contributed by atoms with Crippen molar-refractivity contribution in [1.29, 1.82) is 0 Å². The van der Waals surface area contributed by atoms with Crippen molar-refractivity contribution < 1.29 is 8.83 Å². The molecule has 0 N–H and O–H groups in total. The van der Waals surface area contributed by atoms with Crippen molar-refractivity contribution >= 4 is 22.2 Å². The van der Waals surface area contributed by atoms with Gasteiger partial charge in [0.05, 0.1) is 0 Å². The monoisotopic (exact) mass is 390 g/mol. The van der Waals surface area contributed by atoms with Crippen LogP contribution in [0.2, 0.25) is 0 Å². The van der Waals surface area contributed by atoms with Gasteiger partial charge >= 0.3 is 0 Å². The highest BCUT2D eigenvalue weighted by Crippen LogP contribution is 2.24. The lowest BCUT2D eigenvalue weighted by molar-refractivity contribution is 0.619. The zero-order valence-corrected chi connectivity index (χ0v) is 16.1. The molecule has 0 amide bonds. The smallest absolute Gasteiger partial charge is 0.227 e. The van der Waals surface area contributed by atoms with Crippen LogP contribution in [-0.2, 0) is 0 Å². The minimum Gasteiger partial charge on any atom is -0.436 e. The number of hydrogen-bond donors (Lipinski definition) is 0. The molecule has 0 radical (unpaired) electrons. The lowest BCUT2D eigenvalue weighted by Gasteiger charge is -1.91. The second kappa shape index (κ2) is 8.05. The number of nitrogens with zero attached hydrogens (tertiary/aromatic N) is 2. The first-order valence-electron chi connectivity index (χ1n) is 9.69. The van der Waals surface area contributed by atoms with Gasteiger partial charge in [0, 0.05) is 11.1 Å². The Morgan fingerprint density at radius 2 is 0.767 bits per heavy atom. The van der Waals surface area contributed by atoms with Crippen LogP contribution in [0.5, 0.6) is 0 Å². The van der Waals surface area contributed by atoms with Crippen LogP contribution < -0.4 is 0 Å². The van der Waals surface area contributed by atoms with Crippen LogP contribution >= 0.6 is 0 Å². The molecule has 4 heteroatoms. The van der Waals surface area contributed by atoms with Crippen molar-refractivity contribution in [3.8, 4) is 22.9 Å². The van der Waals surface area contributed by atoms with Gasteiger partial charge in [0.2, 0.25) is 11.8 Å². The quantitative estimate of drug-likeness (QED) is 0.320. The highest BCUT2D eigenvalue weighted by Gasteiger charge is 2.06. The normalized spacial score (nSPS) is 10.7. The molecule has 4 nitrogen and oxygen atoms in total. The van der Waals surface area contributed by atoms with E-state index in [1.165, 1.54) is 0 Å². The summed E-state index contributed by atoms with van der Waals surface area (Å²) < 4.78 is 11.3. The van der Waals surface area contributed by atoms with Crippen LogP contribution in [0.15, 0.2) is 118 Å². The van der Waals surface area contributed by atoms with Crippen molar-refractivity contribution in [2.24, 2.45) is 0 Å². The Hall–Kier alpha value is -4.18. The number of fused-ring (bicyclic) bond motifs is 2. The number of oxazole rings is 2. The highest BCUT2D eigenvalue weighted by atomic mass is 16.4. The molecule has 6 aromatic rings. The largest absolute Gasteiger partial charge is 0.436 e. The maximum atomic E-state index is 5.64. The predicted molar refractivity (Wildman–Crippen MR) is 119 cm³/mol. The SMILES string of the molecule is c1ccc(-c2nc3ccccc3o2)cc1.c1ccc(-c2nc3ccccc3o2)cc1. The maximum absolute atomic E-state index is 5.64. The van der Waals surface area contributed by atoms with E-state index < -0.39 is 0 Å². The highest BCUT2D eigenvalue weighted by molar-refractivity contribution is 5.76. The first-order valence-corrected chi connectivity index (χ1v) is 9.69. The third-order valence-corrected chi connectivity index (χ3v) is 4.63. The fraction of sp³-hybridized carbons (Fsp3) is 0. The van der Waals surface area contributed by atoms with Gasteiger partial charge in [-0.2, -0.15) is 0 Å². The maximum Gasteiger partial charge on any atom is 0.227 e. The number of benzene rings is 4. The van der Waals surface area contributed by atoms with Crippen LogP contribution in [0.3, 0.4) is 0 Å². The molecular formula is C26H18N2O2. The molecule has 0 unspecified atom stereocenters. The molecule has 0 aliphatic carbocycles. The van der Waals surface area contributed by atoms with Crippen LogP contribution in [0, 0.1) is 0 Å². The van der Waals surface area contributed by atoms with Crippen molar-refractivity contribution in [3.63, 3.8) is 0 Å². The number of hydrogen-bond acceptors (Lipinski definition) is 4. The lowest BCUT2D eigenvalue weighted by atomic mass is 10.2. The summed E-state index contributed by atoms with van der Waals surface area (Å²) >= 11 is 0. The van der Waals surface area contributed by atoms with Gasteiger partial charge in [-0.25, -0.2) is 9.97 Å². The molecule has 4 aromatic carbocycles. The van der Waals surface area contributed by atoms with E-state index in [1.807, 2.05) is 109 Å². The van der Waals surface area contributed by atoms with E-state index >= 15 is 0 Å². The summed E-state index contributed by atoms with van der Waals surface area (Å²) in [5.74, 6) is 1.36. The Morgan fingerprint density at radius 1 is 0.400 bits per heavy atom. The third kappa shape index (κ3) is 3.71. The zero-order chi connectivity index (χ0) is 20.2. The molecule has 0 atom stereocenters. The lowest BCUT2D eigenvalue weighted by Crippen LogP contribution is -1.74. The molecule has 6 rings (SSSR count). The molecule has 0 spiro atoms. The Kier molecular flexibility index (Phi) is 4.80. The standard InChI is InChI=1S/2C13H9NO/c2*1-2-6-10(7-3-1)13-14-11-8-4-5-9-12(11)15-13/h2*1-9H. The Labute approximate surface area is 173 Å². The van der Waals surface area contributed by atoms with Crippen LogP contribution in [-0.4, -0.2) is 9.97 Å². The van der Waals surface area contributed by atoms with Gasteiger partial charge < -0.3 is 8.83 Å². The summed E-state index contributed by atoms with van der Waals surface area (Å²) in [5.41, 5.74) is 5.47. The molecule has 0 bridgehead atoms. The molecule has 30 heavy (non-hydrogen) atoms. The van der Waals surface area contributed by atoms with Gasteiger partial charge in [-0.1, -0.05) is 60.7 Å². The van der Waals surface area contributed by atoms with E-state index in [2.05, 4.69) is 9.97 Å². The summed E-state index contributed by atoms with van der Waals surface area (Å²) in [5, 5.41) is 0. The van der Waals surface area contributed by atoms with E-state index in [0.717, 1.165) is 33.3 Å². The van der Waals surface area contributed by atoms with Crippen molar-refractivity contribution in [2.75, 3.05) is 0 Å². The van der Waals surface area contributed by atoms with E-state index in [0.29, 0.717) is 11.8 Å². The second-order valence-electron chi connectivity index (χ2n) is 6.71. The first kappa shape index (κ1) is 17.9. The van der Waals surface area contributed by atoms with Crippen LogP contribution in [0.1, 0.15) is 0 Å². The van der Waals surface area contributed by atoms with Gasteiger partial charge in [-0.15, -0.1) is 0 Å². The molecule has 2 aromatic heterocycles. The van der Waals surface area contributed by atoms with Crippen LogP contribution in [0.25, 0.3) is 45.1 Å². The van der Waals surface area contributed by atoms with Crippen molar-refractivity contribution in [2.45, 2.75) is 0 Å². The molecule has 0 aliphatic heterocycles. The Bertz CT molecular complexity index is 1210.